The van der Waals surface area contributed by atoms with E-state index in [1.165, 1.54) is 6.08 Å². The van der Waals surface area contributed by atoms with Crippen molar-refractivity contribution in [3.05, 3.63) is 60.4 Å². The van der Waals surface area contributed by atoms with Crippen LogP contribution in [0.4, 0.5) is 0 Å². The number of rotatable bonds is 3. The van der Waals surface area contributed by atoms with E-state index in [9.17, 15) is 4.79 Å². The zero-order valence-corrected chi connectivity index (χ0v) is 10.00. The fourth-order valence-electron chi connectivity index (χ4n) is 1.73. The first-order valence-corrected chi connectivity index (χ1v) is 5.59. The van der Waals surface area contributed by atoms with Crippen LogP contribution < -0.4 is 0 Å². The number of benzene rings is 1. The molecule has 1 N–H and O–H groups in total. The molecule has 18 heavy (non-hydrogen) atoms. The maximum Gasteiger partial charge on any atom is 0.328 e. The summed E-state index contributed by atoms with van der Waals surface area (Å²) in [6.45, 7) is 1.78. The van der Waals surface area contributed by atoms with Crippen LogP contribution >= 0.6 is 0 Å². The summed E-state index contributed by atoms with van der Waals surface area (Å²) < 4.78 is 0. The van der Waals surface area contributed by atoms with Gasteiger partial charge >= 0.3 is 5.97 Å². The average molecular weight is 239 g/mol. The third-order valence-electron chi connectivity index (χ3n) is 2.68. The number of carboxylic acids is 1. The van der Waals surface area contributed by atoms with E-state index in [4.69, 9.17) is 5.11 Å². The number of aromatic nitrogens is 1. The van der Waals surface area contributed by atoms with Crippen molar-refractivity contribution in [3.63, 3.8) is 0 Å². The molecular formula is C15H13NO2. The SMILES string of the molecule is C/C(=C\C(=O)O)c1ccc(-c2cccnc2)cc1. The van der Waals surface area contributed by atoms with Gasteiger partial charge in [0.25, 0.3) is 0 Å². The van der Waals surface area contributed by atoms with Gasteiger partial charge in [0.05, 0.1) is 0 Å². The van der Waals surface area contributed by atoms with Gasteiger partial charge < -0.3 is 5.11 Å². The number of carbonyl (C=O) groups is 1. The molecule has 3 heteroatoms. The van der Waals surface area contributed by atoms with Crippen LogP contribution in [0.15, 0.2) is 54.9 Å². The first-order chi connectivity index (χ1) is 8.66. The number of carboxylic acid groups (broad SMARTS) is 1. The minimum atomic E-state index is -0.927. The van der Waals surface area contributed by atoms with Gasteiger partial charge in [-0.25, -0.2) is 4.79 Å². The molecule has 1 aromatic heterocycles. The van der Waals surface area contributed by atoms with Crippen molar-refractivity contribution in [2.24, 2.45) is 0 Å². The second-order valence-electron chi connectivity index (χ2n) is 3.98. The summed E-state index contributed by atoms with van der Waals surface area (Å²) in [5.41, 5.74) is 3.75. The van der Waals surface area contributed by atoms with Gasteiger partial charge in [0.15, 0.2) is 0 Å². The molecule has 1 aromatic carbocycles. The lowest BCUT2D eigenvalue weighted by Gasteiger charge is -2.04. The largest absolute Gasteiger partial charge is 0.478 e. The standard InChI is InChI=1S/C15H13NO2/c1-11(9-15(17)18)12-4-6-13(7-5-12)14-3-2-8-16-10-14/h2-10H,1H3,(H,17,18)/b11-9+. The molecule has 0 aliphatic rings. The first kappa shape index (κ1) is 12.0. The number of aliphatic carboxylic acids is 1. The predicted octanol–water partition coefficient (Wildman–Crippen LogP) is 3.24. The molecule has 0 aliphatic carbocycles. The van der Waals surface area contributed by atoms with Gasteiger partial charge in [0, 0.05) is 18.5 Å². The highest BCUT2D eigenvalue weighted by Gasteiger charge is 2.00. The molecule has 0 radical (unpaired) electrons. The Hall–Kier alpha value is -2.42. The minimum absolute atomic E-state index is 0.736. The first-order valence-electron chi connectivity index (χ1n) is 5.59. The molecule has 0 spiro atoms. The Labute approximate surface area is 105 Å². The van der Waals surface area contributed by atoms with Gasteiger partial charge in [-0.2, -0.15) is 0 Å². The van der Waals surface area contributed by atoms with E-state index in [1.807, 2.05) is 36.4 Å². The summed E-state index contributed by atoms with van der Waals surface area (Å²) in [5.74, 6) is -0.927. The van der Waals surface area contributed by atoms with E-state index in [0.717, 1.165) is 22.3 Å². The molecule has 0 fully saturated rings. The highest BCUT2D eigenvalue weighted by Crippen LogP contribution is 2.21. The maximum atomic E-state index is 10.6. The maximum absolute atomic E-state index is 10.6. The molecule has 0 unspecified atom stereocenters. The highest BCUT2D eigenvalue weighted by molar-refractivity contribution is 5.89. The highest BCUT2D eigenvalue weighted by atomic mass is 16.4. The smallest absolute Gasteiger partial charge is 0.328 e. The number of pyridine rings is 1. The van der Waals surface area contributed by atoms with Gasteiger partial charge in [-0.15, -0.1) is 0 Å². The van der Waals surface area contributed by atoms with Crippen LogP contribution in [0.2, 0.25) is 0 Å². The summed E-state index contributed by atoms with van der Waals surface area (Å²) in [7, 11) is 0. The van der Waals surface area contributed by atoms with E-state index in [-0.39, 0.29) is 0 Å². The number of hydrogen-bond acceptors (Lipinski definition) is 2. The zero-order chi connectivity index (χ0) is 13.0. The number of allylic oxidation sites excluding steroid dienone is 1. The van der Waals surface area contributed by atoms with E-state index >= 15 is 0 Å². The van der Waals surface area contributed by atoms with Crippen LogP contribution in [0, 0.1) is 0 Å². The predicted molar refractivity (Wildman–Crippen MR) is 71.0 cm³/mol. The Kier molecular flexibility index (Phi) is 3.53. The molecule has 0 saturated carbocycles. The van der Waals surface area contributed by atoms with Crippen LogP contribution in [0.3, 0.4) is 0 Å². The molecule has 0 bridgehead atoms. The van der Waals surface area contributed by atoms with Gasteiger partial charge in [-0.3, -0.25) is 4.98 Å². The molecule has 1 heterocycles. The third-order valence-corrected chi connectivity index (χ3v) is 2.68. The lowest BCUT2D eigenvalue weighted by Crippen LogP contribution is -1.90. The summed E-state index contributed by atoms with van der Waals surface area (Å²) in [5, 5.41) is 8.69. The molecule has 3 nitrogen and oxygen atoms in total. The zero-order valence-electron chi connectivity index (χ0n) is 10.00. The molecule has 0 atom stereocenters. The topological polar surface area (TPSA) is 50.2 Å². The van der Waals surface area contributed by atoms with Gasteiger partial charge in [-0.1, -0.05) is 30.3 Å². The van der Waals surface area contributed by atoms with E-state index < -0.39 is 5.97 Å². The Balaban J connectivity index is 2.29. The molecule has 90 valence electrons. The minimum Gasteiger partial charge on any atom is -0.478 e. The molecule has 0 amide bonds. The van der Waals surface area contributed by atoms with Crippen LogP contribution in [-0.2, 0) is 4.79 Å². The van der Waals surface area contributed by atoms with Crippen LogP contribution in [0.25, 0.3) is 16.7 Å². The van der Waals surface area contributed by atoms with Crippen molar-refractivity contribution in [3.8, 4) is 11.1 Å². The normalized spacial score (nSPS) is 11.3. The lowest BCUT2D eigenvalue weighted by molar-refractivity contribution is -0.131. The van der Waals surface area contributed by atoms with E-state index in [0.29, 0.717) is 0 Å². The van der Waals surface area contributed by atoms with Gasteiger partial charge in [0.1, 0.15) is 0 Å². The number of nitrogens with zero attached hydrogens (tertiary/aromatic N) is 1. The Morgan fingerprint density at radius 1 is 1.17 bits per heavy atom. The summed E-state index contributed by atoms with van der Waals surface area (Å²) in [4.78, 5) is 14.7. The van der Waals surface area contributed by atoms with Crippen LogP contribution in [0.5, 0.6) is 0 Å². The van der Waals surface area contributed by atoms with Crippen molar-refractivity contribution in [1.29, 1.82) is 0 Å². The molecule has 0 aliphatic heterocycles. The quantitative estimate of drug-likeness (QED) is 0.836. The van der Waals surface area contributed by atoms with Gasteiger partial charge in [0.2, 0.25) is 0 Å². The molecule has 0 saturated heterocycles. The second-order valence-corrected chi connectivity index (χ2v) is 3.98. The van der Waals surface area contributed by atoms with E-state index in [2.05, 4.69) is 4.98 Å². The Bertz CT molecular complexity index is 571. The lowest BCUT2D eigenvalue weighted by atomic mass is 10.0. The second kappa shape index (κ2) is 5.27. The van der Waals surface area contributed by atoms with Crippen molar-refractivity contribution in [2.45, 2.75) is 6.92 Å². The summed E-state index contributed by atoms with van der Waals surface area (Å²) in [6.07, 6.45) is 4.74. The fourth-order valence-corrected chi connectivity index (χ4v) is 1.73. The monoisotopic (exact) mass is 239 g/mol. The van der Waals surface area contributed by atoms with Crippen LogP contribution in [-0.4, -0.2) is 16.1 Å². The summed E-state index contributed by atoms with van der Waals surface area (Å²) >= 11 is 0. The van der Waals surface area contributed by atoms with Crippen LogP contribution in [0.1, 0.15) is 12.5 Å². The molecule has 2 rings (SSSR count). The Morgan fingerprint density at radius 2 is 1.89 bits per heavy atom. The number of hydrogen-bond donors (Lipinski definition) is 1. The Morgan fingerprint density at radius 3 is 2.44 bits per heavy atom. The average Bonchev–Trinajstić information content (AvgIpc) is 2.39. The van der Waals surface area contributed by atoms with Gasteiger partial charge in [-0.05, 0) is 35.3 Å². The molecule has 2 aromatic rings. The van der Waals surface area contributed by atoms with Crippen molar-refractivity contribution < 1.29 is 9.90 Å². The summed E-state index contributed by atoms with van der Waals surface area (Å²) in [6, 6.07) is 11.6. The third kappa shape index (κ3) is 2.83. The molecular weight excluding hydrogens is 226 g/mol. The fraction of sp³-hybridized carbons (Fsp3) is 0.0667. The van der Waals surface area contributed by atoms with Crippen molar-refractivity contribution in [2.75, 3.05) is 0 Å². The van der Waals surface area contributed by atoms with Crippen molar-refractivity contribution >= 4 is 11.5 Å². The van der Waals surface area contributed by atoms with E-state index in [1.54, 1.807) is 19.3 Å². The van der Waals surface area contributed by atoms with Crippen molar-refractivity contribution in [1.82, 2.24) is 4.98 Å².